The van der Waals surface area contributed by atoms with Gasteiger partial charge in [-0.15, -0.1) is 11.3 Å². The van der Waals surface area contributed by atoms with Crippen LogP contribution in [0.2, 0.25) is 0 Å². The van der Waals surface area contributed by atoms with Gasteiger partial charge in [0.05, 0.1) is 38.2 Å². The van der Waals surface area contributed by atoms with Crippen LogP contribution in [0.3, 0.4) is 0 Å². The second-order valence-corrected chi connectivity index (χ2v) is 8.58. The number of nitrogens with zero attached hydrogens (tertiary/aromatic N) is 3. The Balaban J connectivity index is 1.68. The number of hydrogen-bond acceptors (Lipinski definition) is 6. The van der Waals surface area contributed by atoms with Gasteiger partial charge in [-0.25, -0.2) is 4.98 Å². The standard InChI is InChI=1S/C20H19F3N6OS/c1-28-3-5-29(6-4-28)14-9-13-12(8-10(14)20(21,22)23)25-18(26-13)15-16(24)17-11(2-7-31-17)27-19(15)30/h2,7-9H,3-6H2,1H3,(H,25,26)(H3,24,27,30). The number of nitrogen functional groups attached to an aromatic ring is 1. The van der Waals surface area contributed by atoms with Crippen molar-refractivity contribution in [3.63, 3.8) is 0 Å². The molecule has 0 bridgehead atoms. The fourth-order valence-corrected chi connectivity index (χ4v) is 4.79. The molecule has 1 aliphatic rings. The Labute approximate surface area is 178 Å². The number of imidazole rings is 1. The Morgan fingerprint density at radius 2 is 1.87 bits per heavy atom. The van der Waals surface area contributed by atoms with Gasteiger partial charge in [0, 0.05) is 26.2 Å². The number of piperazine rings is 1. The minimum atomic E-state index is -4.52. The first-order valence-electron chi connectivity index (χ1n) is 9.66. The first-order chi connectivity index (χ1) is 14.7. The predicted molar refractivity (Wildman–Crippen MR) is 117 cm³/mol. The van der Waals surface area contributed by atoms with Crippen LogP contribution in [0.25, 0.3) is 32.6 Å². The van der Waals surface area contributed by atoms with Crippen molar-refractivity contribution in [2.24, 2.45) is 0 Å². The van der Waals surface area contributed by atoms with Crippen LogP contribution in [0.15, 0.2) is 28.4 Å². The summed E-state index contributed by atoms with van der Waals surface area (Å²) < 4.78 is 42.3. The van der Waals surface area contributed by atoms with Gasteiger partial charge in [-0.05, 0) is 30.6 Å². The molecule has 0 unspecified atom stereocenters. The van der Waals surface area contributed by atoms with Crippen LogP contribution < -0.4 is 16.2 Å². The number of nitrogens with one attached hydrogen (secondary N) is 2. The number of pyridine rings is 1. The summed E-state index contributed by atoms with van der Waals surface area (Å²) >= 11 is 1.37. The summed E-state index contributed by atoms with van der Waals surface area (Å²) in [6.07, 6.45) is -4.52. The number of benzene rings is 1. The molecule has 31 heavy (non-hydrogen) atoms. The van der Waals surface area contributed by atoms with Crippen LogP contribution in [-0.2, 0) is 6.18 Å². The first kappa shape index (κ1) is 19.9. The van der Waals surface area contributed by atoms with Crippen molar-refractivity contribution in [2.75, 3.05) is 43.9 Å². The zero-order valence-electron chi connectivity index (χ0n) is 16.5. The summed E-state index contributed by atoms with van der Waals surface area (Å²) in [7, 11) is 1.94. The van der Waals surface area contributed by atoms with E-state index < -0.39 is 17.3 Å². The van der Waals surface area contributed by atoms with Gasteiger partial charge in [-0.3, -0.25) is 4.79 Å². The summed E-state index contributed by atoms with van der Waals surface area (Å²) in [5, 5.41) is 1.80. The molecule has 0 saturated carbocycles. The van der Waals surface area contributed by atoms with E-state index in [9.17, 15) is 18.0 Å². The summed E-state index contributed by atoms with van der Waals surface area (Å²) in [6.45, 7) is 2.33. The highest BCUT2D eigenvalue weighted by molar-refractivity contribution is 7.17. The lowest BCUT2D eigenvalue weighted by molar-refractivity contribution is -0.137. The van der Waals surface area contributed by atoms with Crippen molar-refractivity contribution < 1.29 is 13.2 Å². The molecule has 5 rings (SSSR count). The monoisotopic (exact) mass is 448 g/mol. The molecule has 0 atom stereocenters. The predicted octanol–water partition coefficient (Wildman–Crippen LogP) is 3.49. The number of nitrogens with two attached hydrogens (primary N) is 1. The molecule has 0 spiro atoms. The molecule has 0 amide bonds. The molecule has 1 aliphatic heterocycles. The quantitative estimate of drug-likeness (QED) is 0.437. The number of rotatable bonds is 2. The molecule has 162 valence electrons. The van der Waals surface area contributed by atoms with Gasteiger partial charge in [0.15, 0.2) is 0 Å². The van der Waals surface area contributed by atoms with E-state index in [0.29, 0.717) is 41.9 Å². The zero-order valence-corrected chi connectivity index (χ0v) is 17.3. The lowest BCUT2D eigenvalue weighted by atomic mass is 10.1. The smallest absolute Gasteiger partial charge is 0.397 e. The first-order valence-corrected chi connectivity index (χ1v) is 10.5. The molecular formula is C20H19F3N6OS. The molecule has 11 heteroatoms. The van der Waals surface area contributed by atoms with E-state index in [4.69, 9.17) is 5.73 Å². The largest absolute Gasteiger partial charge is 0.418 e. The molecule has 1 aromatic carbocycles. The number of H-pyrrole nitrogens is 2. The number of likely N-dealkylation sites (N-methyl/N-ethyl adjacent to an activating group) is 1. The molecule has 7 nitrogen and oxygen atoms in total. The molecular weight excluding hydrogens is 429 g/mol. The van der Waals surface area contributed by atoms with E-state index >= 15 is 0 Å². The molecule has 1 fully saturated rings. The summed E-state index contributed by atoms with van der Waals surface area (Å²) in [4.78, 5) is 26.5. The molecule has 0 radical (unpaired) electrons. The number of fused-ring (bicyclic) bond motifs is 2. The lowest BCUT2D eigenvalue weighted by Crippen LogP contribution is -2.45. The third-order valence-electron chi connectivity index (χ3n) is 5.64. The number of aromatic nitrogens is 3. The van der Waals surface area contributed by atoms with Gasteiger partial charge in [0.2, 0.25) is 0 Å². The van der Waals surface area contributed by atoms with Gasteiger partial charge in [-0.1, -0.05) is 0 Å². The number of aromatic amines is 2. The number of halogens is 3. The fraction of sp³-hybridized carbons (Fsp3) is 0.300. The van der Waals surface area contributed by atoms with Crippen molar-refractivity contribution in [3.8, 4) is 11.4 Å². The minimum Gasteiger partial charge on any atom is -0.397 e. The van der Waals surface area contributed by atoms with E-state index in [-0.39, 0.29) is 28.3 Å². The minimum absolute atomic E-state index is 0.0988. The highest BCUT2D eigenvalue weighted by atomic mass is 32.1. The Hall–Kier alpha value is -3.05. The van der Waals surface area contributed by atoms with Crippen LogP contribution in [0, 0.1) is 0 Å². The van der Waals surface area contributed by atoms with E-state index in [1.807, 2.05) is 7.05 Å². The second kappa shape index (κ2) is 6.99. The zero-order chi connectivity index (χ0) is 21.9. The Bertz CT molecular complexity index is 1350. The van der Waals surface area contributed by atoms with Crippen LogP contribution in [0.5, 0.6) is 0 Å². The summed E-state index contributed by atoms with van der Waals surface area (Å²) in [5.41, 5.74) is 6.68. The highest BCUT2D eigenvalue weighted by Gasteiger charge is 2.36. The molecule has 0 aliphatic carbocycles. The molecule has 4 N–H and O–H groups in total. The van der Waals surface area contributed by atoms with Crippen LogP contribution >= 0.6 is 11.3 Å². The van der Waals surface area contributed by atoms with E-state index in [2.05, 4.69) is 19.9 Å². The SMILES string of the molecule is CN1CCN(c2cc3nc(-c4c(N)c5sccc5[nH]c4=O)[nH]c3cc2C(F)(F)F)CC1. The number of alkyl halides is 3. The third kappa shape index (κ3) is 3.33. The fourth-order valence-electron chi connectivity index (χ4n) is 3.97. The number of thiophene rings is 1. The van der Waals surface area contributed by atoms with Crippen molar-refractivity contribution in [1.29, 1.82) is 0 Å². The maximum Gasteiger partial charge on any atom is 0.418 e. The highest BCUT2D eigenvalue weighted by Crippen LogP contribution is 2.40. The molecule has 1 saturated heterocycles. The number of anilines is 2. The molecule has 3 aromatic heterocycles. The topological polar surface area (TPSA) is 94.0 Å². The maximum atomic E-state index is 13.9. The molecule has 4 heterocycles. The van der Waals surface area contributed by atoms with Crippen LogP contribution in [0.4, 0.5) is 24.5 Å². The maximum absolute atomic E-state index is 13.9. The lowest BCUT2D eigenvalue weighted by Gasteiger charge is -2.35. The second-order valence-electron chi connectivity index (χ2n) is 7.67. The van der Waals surface area contributed by atoms with E-state index in [0.717, 1.165) is 6.07 Å². The number of hydrogen-bond donors (Lipinski definition) is 3. The van der Waals surface area contributed by atoms with Crippen molar-refractivity contribution in [1.82, 2.24) is 19.9 Å². The molecule has 4 aromatic rings. The van der Waals surface area contributed by atoms with Gasteiger partial charge >= 0.3 is 6.18 Å². The summed E-state index contributed by atoms with van der Waals surface area (Å²) in [6, 6.07) is 4.25. The average Bonchev–Trinajstić information content (AvgIpc) is 3.33. The van der Waals surface area contributed by atoms with Gasteiger partial charge in [-0.2, -0.15) is 13.2 Å². The van der Waals surface area contributed by atoms with Crippen molar-refractivity contribution in [3.05, 3.63) is 39.5 Å². The van der Waals surface area contributed by atoms with Gasteiger partial charge < -0.3 is 25.5 Å². The van der Waals surface area contributed by atoms with Gasteiger partial charge in [0.25, 0.3) is 5.56 Å². The third-order valence-corrected chi connectivity index (χ3v) is 6.59. The van der Waals surface area contributed by atoms with Gasteiger partial charge in [0.1, 0.15) is 11.4 Å². The average molecular weight is 448 g/mol. The Kier molecular flexibility index (Phi) is 4.48. The van der Waals surface area contributed by atoms with Crippen LogP contribution in [-0.4, -0.2) is 53.1 Å². The van der Waals surface area contributed by atoms with Crippen molar-refractivity contribution in [2.45, 2.75) is 6.18 Å². The summed E-state index contributed by atoms with van der Waals surface area (Å²) in [5.74, 6) is 0.146. The Morgan fingerprint density at radius 1 is 1.13 bits per heavy atom. The normalized spacial score (nSPS) is 15.9. The van der Waals surface area contributed by atoms with Crippen LogP contribution in [0.1, 0.15) is 5.56 Å². The Morgan fingerprint density at radius 3 is 2.58 bits per heavy atom. The van der Waals surface area contributed by atoms with E-state index in [1.54, 1.807) is 16.3 Å². The van der Waals surface area contributed by atoms with Crippen molar-refractivity contribution >= 4 is 44.0 Å². The van der Waals surface area contributed by atoms with E-state index in [1.165, 1.54) is 17.4 Å².